The Hall–Kier alpha value is -1.88. The number of nitrogens with one attached hydrogen (secondary N) is 2. The summed E-state index contributed by atoms with van der Waals surface area (Å²) in [4.78, 5) is 23.4. The van der Waals surface area contributed by atoms with E-state index >= 15 is 0 Å². The van der Waals surface area contributed by atoms with E-state index < -0.39 is 0 Å². The van der Waals surface area contributed by atoms with Crippen molar-refractivity contribution in [2.45, 2.75) is 25.8 Å². The van der Waals surface area contributed by atoms with E-state index in [9.17, 15) is 9.59 Å². The number of carbonyl (C=O) groups excluding carboxylic acids is 2. The quantitative estimate of drug-likeness (QED) is 0.792. The van der Waals surface area contributed by atoms with Crippen molar-refractivity contribution in [3.05, 3.63) is 29.8 Å². The van der Waals surface area contributed by atoms with Gasteiger partial charge in [0.15, 0.2) is 0 Å². The van der Waals surface area contributed by atoms with E-state index in [1.165, 1.54) is 0 Å². The summed E-state index contributed by atoms with van der Waals surface area (Å²) in [6, 6.07) is 7.27. The van der Waals surface area contributed by atoms with Gasteiger partial charge in [-0.05, 0) is 18.6 Å². The van der Waals surface area contributed by atoms with E-state index in [1.54, 1.807) is 0 Å². The molecule has 0 spiro atoms. The van der Waals surface area contributed by atoms with Crippen molar-refractivity contribution in [3.63, 3.8) is 0 Å². The van der Waals surface area contributed by atoms with Gasteiger partial charge in [-0.2, -0.15) is 0 Å². The molecule has 1 atom stereocenters. The molecular formula is C14H18N2O3. The highest BCUT2D eigenvalue weighted by atomic mass is 16.5. The van der Waals surface area contributed by atoms with Gasteiger partial charge >= 0.3 is 0 Å². The highest BCUT2D eigenvalue weighted by Crippen LogP contribution is 2.29. The average Bonchev–Trinajstić information content (AvgIpc) is 2.39. The van der Waals surface area contributed by atoms with Crippen LogP contribution in [0.25, 0.3) is 0 Å². The molecule has 1 heterocycles. The van der Waals surface area contributed by atoms with Crippen LogP contribution in [0.5, 0.6) is 0 Å². The summed E-state index contributed by atoms with van der Waals surface area (Å²) in [5.74, 6) is -0.170. The van der Waals surface area contributed by atoms with Crippen LogP contribution in [0.4, 0.5) is 5.69 Å². The maximum atomic E-state index is 11.8. The molecule has 0 aromatic heterocycles. The number of ether oxygens (including phenoxy) is 1. The minimum absolute atomic E-state index is 0.0752. The van der Waals surface area contributed by atoms with Gasteiger partial charge in [0.05, 0.1) is 19.1 Å². The Labute approximate surface area is 112 Å². The zero-order valence-corrected chi connectivity index (χ0v) is 10.9. The lowest BCUT2D eigenvalue weighted by atomic mass is 9.97. The SMILES string of the molecule is CCOCCC(=O)N[C@H]1CC(=O)Nc2ccccc21. The van der Waals surface area contributed by atoms with Gasteiger partial charge in [0.2, 0.25) is 11.8 Å². The molecule has 5 nitrogen and oxygen atoms in total. The number of benzene rings is 1. The number of hydrogen-bond acceptors (Lipinski definition) is 3. The first kappa shape index (κ1) is 13.5. The third-order valence-electron chi connectivity index (χ3n) is 3.01. The predicted octanol–water partition coefficient (Wildman–Crippen LogP) is 1.61. The van der Waals surface area contributed by atoms with E-state index in [4.69, 9.17) is 4.74 Å². The van der Waals surface area contributed by atoms with Crippen LogP contribution in [-0.2, 0) is 14.3 Å². The fraction of sp³-hybridized carbons (Fsp3) is 0.429. The number of para-hydroxylation sites is 1. The van der Waals surface area contributed by atoms with Crippen molar-refractivity contribution >= 4 is 17.5 Å². The van der Waals surface area contributed by atoms with Crippen LogP contribution < -0.4 is 10.6 Å². The Morgan fingerprint density at radius 3 is 3.05 bits per heavy atom. The van der Waals surface area contributed by atoms with Gasteiger partial charge in [-0.3, -0.25) is 9.59 Å². The first-order valence-electron chi connectivity index (χ1n) is 6.46. The van der Waals surface area contributed by atoms with Gasteiger partial charge in [-0.15, -0.1) is 0 Å². The second-order valence-corrected chi connectivity index (χ2v) is 4.41. The van der Waals surface area contributed by atoms with Crippen molar-refractivity contribution in [1.29, 1.82) is 0 Å². The molecule has 2 amide bonds. The van der Waals surface area contributed by atoms with E-state index in [2.05, 4.69) is 10.6 Å². The zero-order valence-electron chi connectivity index (χ0n) is 10.9. The van der Waals surface area contributed by atoms with Crippen LogP contribution in [0.2, 0.25) is 0 Å². The van der Waals surface area contributed by atoms with Gasteiger partial charge < -0.3 is 15.4 Å². The topological polar surface area (TPSA) is 67.4 Å². The van der Waals surface area contributed by atoms with Crippen LogP contribution in [0, 0.1) is 0 Å². The van der Waals surface area contributed by atoms with E-state index in [0.717, 1.165) is 11.3 Å². The minimum Gasteiger partial charge on any atom is -0.381 e. The molecule has 0 unspecified atom stereocenters. The average molecular weight is 262 g/mol. The van der Waals surface area contributed by atoms with Crippen LogP contribution in [-0.4, -0.2) is 25.0 Å². The molecule has 0 aliphatic carbocycles. The first-order valence-corrected chi connectivity index (χ1v) is 6.46. The van der Waals surface area contributed by atoms with Crippen molar-refractivity contribution in [2.24, 2.45) is 0 Å². The largest absolute Gasteiger partial charge is 0.381 e. The molecule has 2 rings (SSSR count). The number of anilines is 1. The number of rotatable bonds is 5. The highest BCUT2D eigenvalue weighted by Gasteiger charge is 2.25. The summed E-state index contributed by atoms with van der Waals surface area (Å²) in [7, 11) is 0. The molecule has 0 saturated carbocycles. The zero-order chi connectivity index (χ0) is 13.7. The molecule has 1 aliphatic rings. The summed E-state index contributed by atoms with van der Waals surface area (Å²) in [5, 5.41) is 5.69. The summed E-state index contributed by atoms with van der Waals surface area (Å²) in [6.45, 7) is 2.89. The highest BCUT2D eigenvalue weighted by molar-refractivity contribution is 5.95. The van der Waals surface area contributed by atoms with Gasteiger partial charge in [-0.25, -0.2) is 0 Å². The van der Waals surface area contributed by atoms with E-state index in [1.807, 2.05) is 31.2 Å². The van der Waals surface area contributed by atoms with Crippen LogP contribution in [0.3, 0.4) is 0 Å². The first-order chi connectivity index (χ1) is 9.20. The number of hydrogen-bond donors (Lipinski definition) is 2. The Morgan fingerprint density at radius 1 is 1.47 bits per heavy atom. The molecule has 1 aromatic carbocycles. The molecule has 0 saturated heterocycles. The molecule has 2 N–H and O–H groups in total. The third kappa shape index (κ3) is 3.54. The standard InChI is InChI=1S/C14H18N2O3/c1-2-19-8-7-13(17)16-12-9-14(18)15-11-6-4-3-5-10(11)12/h3-6,12H,2,7-9H2,1H3,(H,15,18)(H,16,17)/t12-/m0/s1. The fourth-order valence-electron chi connectivity index (χ4n) is 2.12. The van der Waals surface area contributed by atoms with Crippen LogP contribution in [0.15, 0.2) is 24.3 Å². The normalized spacial score (nSPS) is 17.5. The Balaban J connectivity index is 2.00. The maximum absolute atomic E-state index is 11.8. The lowest BCUT2D eigenvalue weighted by molar-refractivity contribution is -0.123. The van der Waals surface area contributed by atoms with Gasteiger partial charge in [0.1, 0.15) is 0 Å². The van der Waals surface area contributed by atoms with Gasteiger partial charge in [0.25, 0.3) is 0 Å². The summed E-state index contributed by atoms with van der Waals surface area (Å²) in [5.41, 5.74) is 1.72. The van der Waals surface area contributed by atoms with Crippen molar-refractivity contribution in [1.82, 2.24) is 5.32 Å². The second kappa shape index (κ2) is 6.33. The van der Waals surface area contributed by atoms with Crippen LogP contribution >= 0.6 is 0 Å². The molecule has 1 aromatic rings. The lowest BCUT2D eigenvalue weighted by Crippen LogP contribution is -2.35. The summed E-state index contributed by atoms with van der Waals surface area (Å²) in [6.07, 6.45) is 0.589. The molecular weight excluding hydrogens is 244 g/mol. The van der Waals surface area contributed by atoms with E-state index in [-0.39, 0.29) is 24.3 Å². The molecule has 19 heavy (non-hydrogen) atoms. The predicted molar refractivity (Wildman–Crippen MR) is 71.7 cm³/mol. The minimum atomic E-state index is -0.251. The monoisotopic (exact) mass is 262 g/mol. The van der Waals surface area contributed by atoms with Crippen molar-refractivity contribution in [3.8, 4) is 0 Å². The Kier molecular flexibility index (Phi) is 4.52. The van der Waals surface area contributed by atoms with Crippen LogP contribution in [0.1, 0.15) is 31.4 Å². The number of carbonyl (C=O) groups is 2. The number of amides is 2. The van der Waals surface area contributed by atoms with Gasteiger partial charge in [-0.1, -0.05) is 18.2 Å². The molecule has 0 bridgehead atoms. The Morgan fingerprint density at radius 2 is 2.26 bits per heavy atom. The number of fused-ring (bicyclic) bond motifs is 1. The molecule has 5 heteroatoms. The van der Waals surface area contributed by atoms with Crippen molar-refractivity contribution in [2.75, 3.05) is 18.5 Å². The molecule has 0 radical (unpaired) electrons. The fourth-order valence-corrected chi connectivity index (χ4v) is 2.12. The lowest BCUT2D eigenvalue weighted by Gasteiger charge is -2.26. The molecule has 0 fully saturated rings. The molecule has 1 aliphatic heterocycles. The van der Waals surface area contributed by atoms with Gasteiger partial charge in [0, 0.05) is 18.7 Å². The summed E-state index contributed by atoms with van der Waals surface area (Å²) >= 11 is 0. The maximum Gasteiger partial charge on any atom is 0.226 e. The third-order valence-corrected chi connectivity index (χ3v) is 3.01. The summed E-state index contributed by atoms with van der Waals surface area (Å²) < 4.78 is 5.14. The van der Waals surface area contributed by atoms with Crippen molar-refractivity contribution < 1.29 is 14.3 Å². The van der Waals surface area contributed by atoms with E-state index in [0.29, 0.717) is 19.6 Å². The smallest absolute Gasteiger partial charge is 0.226 e. The molecule has 102 valence electrons. The second-order valence-electron chi connectivity index (χ2n) is 4.41. The Bertz CT molecular complexity index is 474.